The van der Waals surface area contributed by atoms with Crippen molar-refractivity contribution < 1.29 is 9.84 Å². The van der Waals surface area contributed by atoms with Gasteiger partial charge in [-0.1, -0.05) is 60.7 Å². The lowest BCUT2D eigenvalue weighted by atomic mass is 10.0. The van der Waals surface area contributed by atoms with E-state index in [-0.39, 0.29) is 11.9 Å². The zero-order chi connectivity index (χ0) is 15.4. The summed E-state index contributed by atoms with van der Waals surface area (Å²) in [5.74, 6) is 1.02. The predicted octanol–water partition coefficient (Wildman–Crippen LogP) is 4.87. The van der Waals surface area contributed by atoms with Gasteiger partial charge in [0, 0.05) is 0 Å². The van der Waals surface area contributed by atoms with Gasteiger partial charge in [-0.25, -0.2) is 0 Å². The van der Waals surface area contributed by atoms with Crippen molar-refractivity contribution >= 4 is 0 Å². The van der Waals surface area contributed by atoms with E-state index in [0.29, 0.717) is 0 Å². The maximum atomic E-state index is 9.66. The topological polar surface area (TPSA) is 29.5 Å². The number of aromatic hydroxyl groups is 1. The van der Waals surface area contributed by atoms with Crippen molar-refractivity contribution in [1.29, 1.82) is 0 Å². The van der Waals surface area contributed by atoms with E-state index >= 15 is 0 Å². The monoisotopic (exact) mass is 290 g/mol. The van der Waals surface area contributed by atoms with Crippen LogP contribution in [-0.4, -0.2) is 5.11 Å². The summed E-state index contributed by atoms with van der Waals surface area (Å²) in [5, 5.41) is 9.66. The fourth-order valence-corrected chi connectivity index (χ4v) is 2.42. The second-order valence-electron chi connectivity index (χ2n) is 5.27. The molecule has 0 saturated carbocycles. The quantitative estimate of drug-likeness (QED) is 0.743. The van der Waals surface area contributed by atoms with Crippen molar-refractivity contribution in [2.45, 2.75) is 13.0 Å². The normalized spacial score (nSPS) is 10.6. The molecule has 0 amide bonds. The van der Waals surface area contributed by atoms with E-state index in [2.05, 4.69) is 24.3 Å². The highest BCUT2D eigenvalue weighted by atomic mass is 16.5. The fourth-order valence-electron chi connectivity index (χ4n) is 2.42. The molecule has 3 aromatic rings. The largest absolute Gasteiger partial charge is 0.508 e. The highest BCUT2D eigenvalue weighted by Crippen LogP contribution is 2.30. The number of phenols is 1. The van der Waals surface area contributed by atoms with Crippen molar-refractivity contribution in [1.82, 2.24) is 0 Å². The second kappa shape index (κ2) is 6.35. The van der Waals surface area contributed by atoms with E-state index < -0.39 is 0 Å². The summed E-state index contributed by atoms with van der Waals surface area (Å²) in [6, 6.07) is 25.6. The summed E-state index contributed by atoms with van der Waals surface area (Å²) in [4.78, 5) is 0. The molecule has 0 bridgehead atoms. The molecule has 0 atom stereocenters. The van der Waals surface area contributed by atoms with Crippen molar-refractivity contribution in [2.75, 3.05) is 0 Å². The Bertz CT molecular complexity index is 697. The van der Waals surface area contributed by atoms with Crippen LogP contribution in [0.15, 0.2) is 78.9 Å². The first-order chi connectivity index (χ1) is 10.7. The van der Waals surface area contributed by atoms with Gasteiger partial charge in [0.05, 0.1) is 0 Å². The molecule has 0 unspecified atom stereocenters. The lowest BCUT2D eigenvalue weighted by Gasteiger charge is -2.20. The minimum atomic E-state index is -0.175. The van der Waals surface area contributed by atoms with E-state index in [1.54, 1.807) is 12.1 Å². The van der Waals surface area contributed by atoms with Gasteiger partial charge in [0.25, 0.3) is 0 Å². The molecule has 0 radical (unpaired) electrons. The highest BCUT2D eigenvalue weighted by Gasteiger charge is 2.16. The molecule has 2 nitrogen and oxygen atoms in total. The van der Waals surface area contributed by atoms with Crippen molar-refractivity contribution in [2.24, 2.45) is 0 Å². The molecule has 0 aliphatic heterocycles. The predicted molar refractivity (Wildman–Crippen MR) is 88.2 cm³/mol. The van der Waals surface area contributed by atoms with Crippen LogP contribution >= 0.6 is 0 Å². The van der Waals surface area contributed by atoms with Crippen LogP contribution in [0.2, 0.25) is 0 Å². The van der Waals surface area contributed by atoms with E-state index in [1.165, 1.54) is 0 Å². The van der Waals surface area contributed by atoms with Crippen LogP contribution in [-0.2, 0) is 0 Å². The Morgan fingerprint density at radius 1 is 0.773 bits per heavy atom. The van der Waals surface area contributed by atoms with Crippen LogP contribution in [0.3, 0.4) is 0 Å². The van der Waals surface area contributed by atoms with Crippen molar-refractivity contribution in [3.63, 3.8) is 0 Å². The van der Waals surface area contributed by atoms with Gasteiger partial charge in [0.1, 0.15) is 17.6 Å². The van der Waals surface area contributed by atoms with Crippen LogP contribution in [0.1, 0.15) is 22.8 Å². The Kier molecular flexibility index (Phi) is 4.10. The molecule has 0 heterocycles. The number of phenolic OH excluding ortho intramolecular Hbond substituents is 1. The number of aryl methyl sites for hydroxylation is 1. The molecule has 2 heteroatoms. The zero-order valence-electron chi connectivity index (χ0n) is 12.4. The molecule has 0 aliphatic rings. The van der Waals surface area contributed by atoms with Crippen LogP contribution in [0, 0.1) is 6.92 Å². The minimum absolute atomic E-state index is 0.175. The molecule has 0 aromatic heterocycles. The van der Waals surface area contributed by atoms with E-state index in [4.69, 9.17) is 4.74 Å². The molecule has 110 valence electrons. The lowest BCUT2D eigenvalue weighted by molar-refractivity contribution is 0.247. The third-order valence-electron chi connectivity index (χ3n) is 3.63. The second-order valence-corrected chi connectivity index (χ2v) is 5.27. The van der Waals surface area contributed by atoms with Crippen LogP contribution < -0.4 is 4.74 Å². The van der Waals surface area contributed by atoms with Gasteiger partial charge in [-0.3, -0.25) is 0 Å². The van der Waals surface area contributed by atoms with Gasteiger partial charge in [0.2, 0.25) is 0 Å². The van der Waals surface area contributed by atoms with Crippen molar-refractivity contribution in [3.8, 4) is 11.5 Å². The van der Waals surface area contributed by atoms with Crippen LogP contribution in [0.5, 0.6) is 11.5 Å². The lowest BCUT2D eigenvalue weighted by Crippen LogP contribution is -2.09. The minimum Gasteiger partial charge on any atom is -0.508 e. The number of hydrogen-bond acceptors (Lipinski definition) is 2. The van der Waals surface area contributed by atoms with Crippen molar-refractivity contribution in [3.05, 3.63) is 95.6 Å². The van der Waals surface area contributed by atoms with Gasteiger partial charge in [-0.2, -0.15) is 0 Å². The fraction of sp³-hybridized carbons (Fsp3) is 0.100. The third-order valence-corrected chi connectivity index (χ3v) is 3.63. The first kappa shape index (κ1) is 14.2. The third kappa shape index (κ3) is 3.12. The standard InChI is InChI=1S/C20H18O2/c1-15-14-18(12-13-19(15)21)22-20(16-8-4-2-5-9-16)17-10-6-3-7-11-17/h2-14,20-21H,1H3. The van der Waals surface area contributed by atoms with E-state index in [9.17, 15) is 5.11 Å². The number of hydrogen-bond donors (Lipinski definition) is 1. The number of benzene rings is 3. The van der Waals surface area contributed by atoms with Crippen LogP contribution in [0.4, 0.5) is 0 Å². The maximum Gasteiger partial charge on any atom is 0.149 e. The number of rotatable bonds is 4. The summed E-state index contributed by atoms with van der Waals surface area (Å²) in [6.07, 6.45) is -0.175. The molecule has 0 fully saturated rings. The Labute approximate surface area is 130 Å². The average molecular weight is 290 g/mol. The summed E-state index contributed by atoms with van der Waals surface area (Å²) in [6.45, 7) is 1.86. The van der Waals surface area contributed by atoms with Crippen LogP contribution in [0.25, 0.3) is 0 Å². The molecule has 0 saturated heterocycles. The maximum absolute atomic E-state index is 9.66. The smallest absolute Gasteiger partial charge is 0.149 e. The molecular formula is C20H18O2. The molecule has 3 aromatic carbocycles. The molecular weight excluding hydrogens is 272 g/mol. The van der Waals surface area contributed by atoms with E-state index in [1.807, 2.05) is 49.4 Å². The molecule has 22 heavy (non-hydrogen) atoms. The Morgan fingerprint density at radius 2 is 1.32 bits per heavy atom. The first-order valence-electron chi connectivity index (χ1n) is 7.30. The Hall–Kier alpha value is -2.74. The zero-order valence-corrected chi connectivity index (χ0v) is 12.4. The first-order valence-corrected chi connectivity index (χ1v) is 7.30. The molecule has 0 aliphatic carbocycles. The highest BCUT2D eigenvalue weighted by molar-refractivity contribution is 5.40. The Balaban J connectivity index is 1.97. The van der Waals surface area contributed by atoms with Gasteiger partial charge < -0.3 is 9.84 Å². The molecule has 3 rings (SSSR count). The number of ether oxygens (including phenoxy) is 1. The van der Waals surface area contributed by atoms with Gasteiger partial charge in [0.15, 0.2) is 0 Å². The SMILES string of the molecule is Cc1cc(OC(c2ccccc2)c2ccccc2)ccc1O. The van der Waals surface area contributed by atoms with E-state index in [0.717, 1.165) is 22.4 Å². The summed E-state index contributed by atoms with van der Waals surface area (Å²) >= 11 is 0. The molecule has 1 N–H and O–H groups in total. The molecule has 0 spiro atoms. The van der Waals surface area contributed by atoms with Gasteiger partial charge in [-0.05, 0) is 41.8 Å². The Morgan fingerprint density at radius 3 is 1.82 bits per heavy atom. The van der Waals surface area contributed by atoms with Gasteiger partial charge in [-0.15, -0.1) is 0 Å². The summed E-state index contributed by atoms with van der Waals surface area (Å²) in [7, 11) is 0. The van der Waals surface area contributed by atoms with Gasteiger partial charge >= 0.3 is 0 Å². The average Bonchev–Trinajstić information content (AvgIpc) is 2.57. The summed E-state index contributed by atoms with van der Waals surface area (Å²) < 4.78 is 6.21. The summed E-state index contributed by atoms with van der Waals surface area (Å²) in [5.41, 5.74) is 3.00.